The summed E-state index contributed by atoms with van der Waals surface area (Å²) < 4.78 is 53.4. The van der Waals surface area contributed by atoms with Gasteiger partial charge in [-0.2, -0.15) is 4.98 Å². The molecule has 9 nitrogen and oxygen atoms in total. The van der Waals surface area contributed by atoms with Crippen molar-refractivity contribution in [3.8, 4) is 17.1 Å². The van der Waals surface area contributed by atoms with Crippen molar-refractivity contribution >= 4 is 11.9 Å². The van der Waals surface area contributed by atoms with Crippen LogP contribution in [0.25, 0.3) is 11.4 Å². The number of halogens is 3. The first-order valence-corrected chi connectivity index (χ1v) is 14.2. The van der Waals surface area contributed by atoms with Crippen molar-refractivity contribution < 1.29 is 27.2 Å². The Kier molecular flexibility index (Phi) is 9.04. The smallest absolute Gasteiger partial charge is 0.259 e. The van der Waals surface area contributed by atoms with E-state index in [1.807, 2.05) is 0 Å². The summed E-state index contributed by atoms with van der Waals surface area (Å²) in [4.78, 5) is 29.1. The van der Waals surface area contributed by atoms with Crippen LogP contribution in [-0.2, 0) is 6.42 Å². The van der Waals surface area contributed by atoms with Crippen LogP contribution in [0.5, 0.6) is 5.75 Å². The zero-order valence-corrected chi connectivity index (χ0v) is 23.4. The van der Waals surface area contributed by atoms with Crippen molar-refractivity contribution in [2.45, 2.75) is 58.5 Å². The molecule has 5 rings (SSSR count). The lowest BCUT2D eigenvalue weighted by molar-refractivity contribution is 0.0773. The fraction of sp³-hybridized carbons (Fsp3) is 0.552. The van der Waals surface area contributed by atoms with Crippen molar-refractivity contribution in [2.24, 2.45) is 11.8 Å². The first-order chi connectivity index (χ1) is 19.8. The molecular weight excluding hydrogens is 537 g/mol. The second-order valence-corrected chi connectivity index (χ2v) is 11.2. The van der Waals surface area contributed by atoms with E-state index in [0.29, 0.717) is 41.7 Å². The minimum absolute atomic E-state index is 0.0359. The molecule has 2 aliphatic rings. The monoisotopic (exact) mass is 572 g/mol. The molecule has 2 saturated heterocycles. The number of likely N-dealkylation sites (tertiary alicyclic amines) is 1. The lowest BCUT2D eigenvalue weighted by Gasteiger charge is -2.32. The van der Waals surface area contributed by atoms with Crippen molar-refractivity contribution in [3.63, 3.8) is 0 Å². The predicted molar refractivity (Wildman–Crippen MR) is 145 cm³/mol. The van der Waals surface area contributed by atoms with Gasteiger partial charge in [0.15, 0.2) is 0 Å². The Bertz CT molecular complexity index is 1300. The molecule has 4 heterocycles. The SMILES string of the molecule is CC(C)Cc1nc(-c2cnc(N3CCC(CCCOc4cc(F)c(C(=O)N5CC[C@@H](F)C5)c(F)c4)CC3)nc2)no1. The number of alkyl halides is 1. The van der Waals surface area contributed by atoms with Crippen LogP contribution < -0.4 is 9.64 Å². The molecule has 41 heavy (non-hydrogen) atoms. The fourth-order valence-corrected chi connectivity index (χ4v) is 5.29. The molecule has 0 saturated carbocycles. The van der Waals surface area contributed by atoms with Gasteiger partial charge in [-0.15, -0.1) is 0 Å². The third kappa shape index (κ3) is 7.15. The number of benzene rings is 1. The number of nitrogens with zero attached hydrogens (tertiary/aromatic N) is 6. The number of piperidine rings is 1. The third-order valence-electron chi connectivity index (χ3n) is 7.52. The largest absolute Gasteiger partial charge is 0.493 e. The Labute approximate surface area is 237 Å². The first-order valence-electron chi connectivity index (χ1n) is 14.2. The number of ether oxygens (including phenoxy) is 1. The summed E-state index contributed by atoms with van der Waals surface area (Å²) in [6, 6.07) is 2.04. The Hall–Kier alpha value is -3.70. The van der Waals surface area contributed by atoms with Crippen LogP contribution in [0.2, 0.25) is 0 Å². The van der Waals surface area contributed by atoms with E-state index >= 15 is 0 Å². The van der Waals surface area contributed by atoms with Gasteiger partial charge < -0.3 is 19.1 Å². The fourth-order valence-electron chi connectivity index (χ4n) is 5.29. The van der Waals surface area contributed by atoms with Crippen LogP contribution in [-0.4, -0.2) is 69.9 Å². The van der Waals surface area contributed by atoms with Crippen molar-refractivity contribution in [1.29, 1.82) is 0 Å². The Morgan fingerprint density at radius 3 is 2.44 bits per heavy atom. The average molecular weight is 573 g/mol. The number of hydrogen-bond acceptors (Lipinski definition) is 8. The van der Waals surface area contributed by atoms with E-state index in [1.54, 1.807) is 12.4 Å². The van der Waals surface area contributed by atoms with E-state index in [1.165, 1.54) is 0 Å². The number of carbonyl (C=O) groups is 1. The molecule has 3 aromatic rings. The number of rotatable bonds is 10. The van der Waals surface area contributed by atoms with E-state index in [4.69, 9.17) is 9.26 Å². The maximum absolute atomic E-state index is 14.6. The minimum atomic E-state index is -1.16. The van der Waals surface area contributed by atoms with Gasteiger partial charge in [-0.1, -0.05) is 19.0 Å². The minimum Gasteiger partial charge on any atom is -0.493 e. The standard InChI is InChI=1S/C29H35F3N6O3/c1-18(2)12-25-35-27(36-41-25)20-15-33-29(34-16-20)37-8-5-19(6-9-37)4-3-11-40-22-13-23(31)26(24(32)14-22)28(39)38-10-7-21(30)17-38/h13-16,18-19,21H,3-12,17H2,1-2H3/t21-/m1/s1. The molecule has 12 heteroatoms. The van der Waals surface area contributed by atoms with Crippen molar-refractivity contribution in [2.75, 3.05) is 37.7 Å². The van der Waals surface area contributed by atoms with Gasteiger partial charge in [-0.05, 0) is 43.9 Å². The highest BCUT2D eigenvalue weighted by Gasteiger charge is 2.30. The Morgan fingerprint density at radius 2 is 1.80 bits per heavy atom. The van der Waals surface area contributed by atoms with Gasteiger partial charge in [0.05, 0.1) is 18.7 Å². The lowest BCUT2D eigenvalue weighted by Crippen LogP contribution is -2.34. The zero-order valence-electron chi connectivity index (χ0n) is 23.4. The normalized spacial score (nSPS) is 18.0. The quantitative estimate of drug-likeness (QED) is 0.304. The molecule has 2 fully saturated rings. The molecule has 2 aliphatic heterocycles. The van der Waals surface area contributed by atoms with Crippen molar-refractivity contribution in [1.82, 2.24) is 25.0 Å². The third-order valence-corrected chi connectivity index (χ3v) is 7.52. The molecule has 1 aromatic carbocycles. The summed E-state index contributed by atoms with van der Waals surface area (Å²) in [6.07, 6.45) is 6.79. The van der Waals surface area contributed by atoms with Crippen molar-refractivity contribution in [3.05, 3.63) is 47.6 Å². The molecule has 0 N–H and O–H groups in total. The van der Waals surface area contributed by atoms with Gasteiger partial charge in [-0.25, -0.2) is 23.1 Å². The summed E-state index contributed by atoms with van der Waals surface area (Å²) in [6.45, 7) is 6.16. The summed E-state index contributed by atoms with van der Waals surface area (Å²) in [7, 11) is 0. The molecule has 0 bridgehead atoms. The Balaban J connectivity index is 1.04. The molecule has 0 unspecified atom stereocenters. The van der Waals surface area contributed by atoms with Gasteiger partial charge in [0.25, 0.3) is 5.91 Å². The van der Waals surface area contributed by atoms with Crippen LogP contribution in [0.4, 0.5) is 19.1 Å². The van der Waals surface area contributed by atoms with Crippen LogP contribution in [0, 0.1) is 23.5 Å². The Morgan fingerprint density at radius 1 is 1.10 bits per heavy atom. The van der Waals surface area contributed by atoms with Gasteiger partial charge in [0.1, 0.15) is 29.1 Å². The summed E-state index contributed by atoms with van der Waals surface area (Å²) in [5.74, 6) is -0.103. The molecule has 2 aromatic heterocycles. The number of hydrogen-bond donors (Lipinski definition) is 0. The number of amides is 1. The number of carbonyl (C=O) groups excluding carboxylic acids is 1. The van der Waals surface area contributed by atoms with Gasteiger partial charge >= 0.3 is 0 Å². The average Bonchev–Trinajstić information content (AvgIpc) is 3.60. The highest BCUT2D eigenvalue weighted by molar-refractivity contribution is 5.95. The second-order valence-electron chi connectivity index (χ2n) is 11.2. The van der Waals surface area contributed by atoms with Gasteiger partial charge in [-0.3, -0.25) is 4.79 Å². The second kappa shape index (κ2) is 12.9. The van der Waals surface area contributed by atoms with E-state index in [-0.39, 0.29) is 25.3 Å². The summed E-state index contributed by atoms with van der Waals surface area (Å²) in [5, 5.41) is 4.03. The van der Waals surface area contributed by atoms with Gasteiger partial charge in [0.2, 0.25) is 17.7 Å². The number of aromatic nitrogens is 4. The molecule has 220 valence electrons. The van der Waals surface area contributed by atoms with E-state index < -0.39 is 29.3 Å². The molecular formula is C29H35F3N6O3. The highest BCUT2D eigenvalue weighted by Crippen LogP contribution is 2.27. The molecule has 0 radical (unpaired) electrons. The predicted octanol–water partition coefficient (Wildman–Crippen LogP) is 5.26. The molecule has 1 atom stereocenters. The van der Waals surface area contributed by atoms with Crippen LogP contribution >= 0.6 is 0 Å². The van der Waals surface area contributed by atoms with Crippen LogP contribution in [0.3, 0.4) is 0 Å². The highest BCUT2D eigenvalue weighted by atomic mass is 19.1. The maximum Gasteiger partial charge on any atom is 0.259 e. The van der Waals surface area contributed by atoms with E-state index in [0.717, 1.165) is 62.2 Å². The van der Waals surface area contributed by atoms with E-state index in [2.05, 4.69) is 38.9 Å². The molecule has 0 spiro atoms. The first kappa shape index (κ1) is 28.8. The number of anilines is 1. The maximum atomic E-state index is 14.6. The lowest BCUT2D eigenvalue weighted by atomic mass is 9.92. The van der Waals surface area contributed by atoms with Gasteiger partial charge in [0, 0.05) is 50.6 Å². The summed E-state index contributed by atoms with van der Waals surface area (Å²) in [5.41, 5.74) is 0.0485. The molecule has 0 aliphatic carbocycles. The summed E-state index contributed by atoms with van der Waals surface area (Å²) >= 11 is 0. The van der Waals surface area contributed by atoms with E-state index in [9.17, 15) is 18.0 Å². The van der Waals surface area contributed by atoms with Crippen LogP contribution in [0.15, 0.2) is 29.0 Å². The molecule has 1 amide bonds. The van der Waals surface area contributed by atoms with Crippen LogP contribution in [0.1, 0.15) is 62.2 Å². The zero-order chi connectivity index (χ0) is 28.9. The topological polar surface area (TPSA) is 97.5 Å².